The van der Waals surface area contributed by atoms with Crippen LogP contribution >= 0.6 is 11.3 Å². The molecule has 1 aliphatic heterocycles. The van der Waals surface area contributed by atoms with Crippen molar-refractivity contribution in [1.29, 1.82) is 0 Å². The van der Waals surface area contributed by atoms with Gasteiger partial charge < -0.3 is 10.2 Å². The van der Waals surface area contributed by atoms with Crippen molar-refractivity contribution in [1.82, 2.24) is 10.3 Å². The topological polar surface area (TPSA) is 45.2 Å². The number of anilines is 1. The minimum atomic E-state index is 0.121. The smallest absolute Gasteiger partial charge is 0.220 e. The van der Waals surface area contributed by atoms with E-state index in [4.69, 9.17) is 0 Å². The van der Waals surface area contributed by atoms with Gasteiger partial charge in [-0.2, -0.15) is 0 Å². The van der Waals surface area contributed by atoms with Crippen LogP contribution in [-0.2, 0) is 4.79 Å². The zero-order valence-corrected chi connectivity index (χ0v) is 10.6. The Balaban J connectivity index is 1.78. The van der Waals surface area contributed by atoms with Crippen molar-refractivity contribution in [2.24, 2.45) is 0 Å². The Bertz CT molecular complexity index is 377. The van der Waals surface area contributed by atoms with E-state index < -0.39 is 0 Å². The molecule has 2 rings (SSSR count). The molecule has 92 valence electrons. The van der Waals surface area contributed by atoms with Gasteiger partial charge in [-0.1, -0.05) is 6.08 Å². The number of nitrogens with one attached hydrogen (secondary N) is 1. The molecule has 4 nitrogen and oxygen atoms in total. The zero-order chi connectivity index (χ0) is 12.1. The molecule has 17 heavy (non-hydrogen) atoms. The Kier molecular flexibility index (Phi) is 4.14. The number of allylic oxidation sites excluding steroid dienone is 1. The fourth-order valence-corrected chi connectivity index (χ4v) is 2.64. The minimum absolute atomic E-state index is 0.121. The van der Waals surface area contributed by atoms with E-state index in [1.165, 1.54) is 0 Å². The summed E-state index contributed by atoms with van der Waals surface area (Å²) in [5.74, 6) is 0.121. The van der Waals surface area contributed by atoms with Gasteiger partial charge in [0.05, 0.1) is 0 Å². The molecule has 1 N–H and O–H groups in total. The molecule has 0 saturated carbocycles. The lowest BCUT2D eigenvalue weighted by Crippen LogP contribution is -2.36. The first-order valence-corrected chi connectivity index (χ1v) is 6.72. The van der Waals surface area contributed by atoms with Crippen LogP contribution in [0.1, 0.15) is 19.3 Å². The average Bonchev–Trinajstić information content (AvgIpc) is 2.95. The molecule has 1 saturated heterocycles. The van der Waals surface area contributed by atoms with Gasteiger partial charge in [0, 0.05) is 37.1 Å². The van der Waals surface area contributed by atoms with Crippen LogP contribution in [0.5, 0.6) is 0 Å². The average molecular weight is 251 g/mol. The van der Waals surface area contributed by atoms with Crippen LogP contribution in [0.2, 0.25) is 0 Å². The highest BCUT2D eigenvalue weighted by Gasteiger charge is 2.24. The first-order chi connectivity index (χ1) is 8.29. The summed E-state index contributed by atoms with van der Waals surface area (Å²) in [5, 5.41) is 6.08. The summed E-state index contributed by atoms with van der Waals surface area (Å²) in [6.07, 6.45) is 5.87. The summed E-state index contributed by atoms with van der Waals surface area (Å²) < 4.78 is 0. The molecule has 0 unspecified atom stereocenters. The first kappa shape index (κ1) is 12.1. The van der Waals surface area contributed by atoms with Gasteiger partial charge in [0.2, 0.25) is 5.91 Å². The summed E-state index contributed by atoms with van der Waals surface area (Å²) in [6.45, 7) is 5.46. The van der Waals surface area contributed by atoms with Crippen molar-refractivity contribution in [2.75, 3.05) is 18.0 Å². The Morgan fingerprint density at radius 1 is 1.76 bits per heavy atom. The van der Waals surface area contributed by atoms with Gasteiger partial charge in [0.15, 0.2) is 5.13 Å². The number of aromatic nitrogens is 1. The highest BCUT2D eigenvalue weighted by molar-refractivity contribution is 7.13. The molecule has 1 amide bonds. The summed E-state index contributed by atoms with van der Waals surface area (Å²) in [6, 6.07) is 0.260. The second-order valence-corrected chi connectivity index (χ2v) is 5.01. The standard InChI is InChI=1S/C12H17N3OS/c1-2-3-4-11(16)14-10-5-7-15(9-10)12-13-6-8-17-12/h2,6,8,10H,1,3-5,7,9H2,(H,14,16)/t10-/m0/s1. The molecule has 0 radical (unpaired) electrons. The minimum Gasteiger partial charge on any atom is -0.352 e. The lowest BCUT2D eigenvalue weighted by molar-refractivity contribution is -0.121. The van der Waals surface area contributed by atoms with E-state index >= 15 is 0 Å². The van der Waals surface area contributed by atoms with Crippen molar-refractivity contribution in [2.45, 2.75) is 25.3 Å². The van der Waals surface area contributed by atoms with E-state index in [0.29, 0.717) is 6.42 Å². The summed E-state index contributed by atoms with van der Waals surface area (Å²) in [5.41, 5.74) is 0. The quantitative estimate of drug-likeness (QED) is 0.812. The normalized spacial score (nSPS) is 19.3. The highest BCUT2D eigenvalue weighted by Crippen LogP contribution is 2.22. The Labute approximate surface area is 105 Å². The van der Waals surface area contributed by atoms with Crippen molar-refractivity contribution < 1.29 is 4.79 Å². The molecule has 2 heterocycles. The third-order valence-corrected chi connectivity index (χ3v) is 3.65. The lowest BCUT2D eigenvalue weighted by Gasteiger charge is -2.15. The predicted molar refractivity (Wildman–Crippen MR) is 70.3 cm³/mol. The Hall–Kier alpha value is -1.36. The maximum atomic E-state index is 11.6. The van der Waals surface area contributed by atoms with Crippen molar-refractivity contribution in [3.05, 3.63) is 24.2 Å². The molecule has 0 spiro atoms. The third-order valence-electron chi connectivity index (χ3n) is 2.82. The number of thiazole rings is 1. The van der Waals surface area contributed by atoms with E-state index in [1.54, 1.807) is 17.4 Å². The largest absolute Gasteiger partial charge is 0.352 e. The molecule has 0 aliphatic carbocycles. The maximum Gasteiger partial charge on any atom is 0.220 e. The number of hydrogen-bond donors (Lipinski definition) is 1. The number of carbonyl (C=O) groups excluding carboxylic acids is 1. The number of hydrogen-bond acceptors (Lipinski definition) is 4. The SMILES string of the molecule is C=CCCC(=O)N[C@H]1CCN(c2nccs2)C1. The molecular weight excluding hydrogens is 234 g/mol. The Morgan fingerprint density at radius 3 is 3.35 bits per heavy atom. The molecule has 1 fully saturated rings. The van der Waals surface area contributed by atoms with Gasteiger partial charge in [0.1, 0.15) is 0 Å². The molecule has 1 atom stereocenters. The van der Waals surface area contributed by atoms with Crippen molar-refractivity contribution in [3.8, 4) is 0 Å². The monoisotopic (exact) mass is 251 g/mol. The number of nitrogens with zero attached hydrogens (tertiary/aromatic N) is 2. The van der Waals surface area contributed by atoms with E-state index in [0.717, 1.165) is 31.1 Å². The van der Waals surface area contributed by atoms with E-state index in [1.807, 2.05) is 11.6 Å². The second kappa shape index (κ2) is 5.82. The maximum absolute atomic E-state index is 11.6. The summed E-state index contributed by atoms with van der Waals surface area (Å²) in [7, 11) is 0. The van der Waals surface area contributed by atoms with Crippen molar-refractivity contribution in [3.63, 3.8) is 0 Å². The third kappa shape index (κ3) is 3.30. The van der Waals surface area contributed by atoms with Crippen molar-refractivity contribution >= 4 is 22.4 Å². The summed E-state index contributed by atoms with van der Waals surface area (Å²) in [4.78, 5) is 18.1. The molecule has 1 aromatic rings. The van der Waals surface area contributed by atoms with Crippen LogP contribution in [0.3, 0.4) is 0 Å². The predicted octanol–water partition coefficient (Wildman–Crippen LogP) is 1.80. The molecule has 0 aromatic carbocycles. The van der Waals surface area contributed by atoms with Crippen LogP contribution in [0.15, 0.2) is 24.2 Å². The fraction of sp³-hybridized carbons (Fsp3) is 0.500. The van der Waals surface area contributed by atoms with Gasteiger partial charge in [-0.3, -0.25) is 4.79 Å². The Morgan fingerprint density at radius 2 is 2.65 bits per heavy atom. The molecular formula is C12H17N3OS. The van der Waals surface area contributed by atoms with Crippen LogP contribution < -0.4 is 10.2 Å². The number of rotatable bonds is 5. The van der Waals surface area contributed by atoms with Gasteiger partial charge in [-0.05, 0) is 12.8 Å². The second-order valence-electron chi connectivity index (χ2n) is 4.14. The van der Waals surface area contributed by atoms with E-state index in [2.05, 4.69) is 21.8 Å². The summed E-state index contributed by atoms with van der Waals surface area (Å²) >= 11 is 1.64. The lowest BCUT2D eigenvalue weighted by atomic mass is 10.2. The molecule has 0 bridgehead atoms. The fourth-order valence-electron chi connectivity index (χ4n) is 1.96. The molecule has 5 heteroatoms. The first-order valence-electron chi connectivity index (χ1n) is 5.84. The van der Waals surface area contributed by atoms with E-state index in [9.17, 15) is 4.79 Å². The van der Waals surface area contributed by atoms with Gasteiger partial charge in [-0.25, -0.2) is 4.98 Å². The number of carbonyl (C=O) groups is 1. The molecule has 1 aliphatic rings. The van der Waals surface area contributed by atoms with Gasteiger partial charge in [-0.15, -0.1) is 17.9 Å². The zero-order valence-electron chi connectivity index (χ0n) is 9.76. The van der Waals surface area contributed by atoms with Crippen LogP contribution in [-0.4, -0.2) is 30.0 Å². The van der Waals surface area contributed by atoms with Crippen LogP contribution in [0.25, 0.3) is 0 Å². The number of amides is 1. The van der Waals surface area contributed by atoms with Crippen LogP contribution in [0.4, 0.5) is 5.13 Å². The van der Waals surface area contributed by atoms with Gasteiger partial charge in [0.25, 0.3) is 0 Å². The molecule has 1 aromatic heterocycles. The van der Waals surface area contributed by atoms with Crippen LogP contribution in [0, 0.1) is 0 Å². The van der Waals surface area contributed by atoms with Gasteiger partial charge >= 0.3 is 0 Å². The van der Waals surface area contributed by atoms with E-state index in [-0.39, 0.29) is 11.9 Å². The highest BCUT2D eigenvalue weighted by atomic mass is 32.1.